The molecule has 0 aliphatic carbocycles. The Balaban J connectivity index is 1.34. The summed E-state index contributed by atoms with van der Waals surface area (Å²) in [4.78, 5) is 16.8. The second kappa shape index (κ2) is 10.3. The third-order valence-corrected chi connectivity index (χ3v) is 8.59. The highest BCUT2D eigenvalue weighted by atomic mass is 19.4. The Morgan fingerprint density at radius 3 is 2.40 bits per heavy atom. The van der Waals surface area contributed by atoms with E-state index in [2.05, 4.69) is 10.5 Å². The van der Waals surface area contributed by atoms with E-state index in [0.717, 1.165) is 16.0 Å². The lowest BCUT2D eigenvalue weighted by atomic mass is 9.74. The van der Waals surface area contributed by atoms with Gasteiger partial charge in [0.1, 0.15) is 12.5 Å². The van der Waals surface area contributed by atoms with Crippen LogP contribution < -0.4 is 11.1 Å². The Hall–Kier alpha value is -3.52. The fourth-order valence-corrected chi connectivity index (χ4v) is 6.20. The molecule has 8 nitrogen and oxygen atoms in total. The molecular formula is C28H30F6N6O2. The number of piperidine rings is 1. The lowest BCUT2D eigenvalue weighted by molar-refractivity contribution is -0.148. The summed E-state index contributed by atoms with van der Waals surface area (Å²) < 4.78 is 89.0. The Labute approximate surface area is 237 Å². The van der Waals surface area contributed by atoms with Crippen LogP contribution in [0.4, 0.5) is 26.3 Å². The maximum absolute atomic E-state index is 14.3. The van der Waals surface area contributed by atoms with Crippen molar-refractivity contribution in [1.29, 1.82) is 0 Å². The van der Waals surface area contributed by atoms with E-state index >= 15 is 0 Å². The van der Waals surface area contributed by atoms with Crippen LogP contribution in [0.5, 0.6) is 0 Å². The zero-order chi connectivity index (χ0) is 29.9. The maximum Gasteiger partial charge on any atom is 0.418 e. The zero-order valence-electron chi connectivity index (χ0n) is 22.8. The van der Waals surface area contributed by atoms with Crippen molar-refractivity contribution < 1.29 is 31.1 Å². The van der Waals surface area contributed by atoms with Gasteiger partial charge in [-0.1, -0.05) is 12.1 Å². The molecule has 1 N–H and O–H groups in total. The Morgan fingerprint density at radius 2 is 1.81 bits per heavy atom. The van der Waals surface area contributed by atoms with E-state index in [0.29, 0.717) is 25.3 Å². The molecule has 3 aromatic rings. The molecule has 42 heavy (non-hydrogen) atoms. The smallest absolute Gasteiger partial charge is 0.379 e. The van der Waals surface area contributed by atoms with Gasteiger partial charge in [0, 0.05) is 31.3 Å². The minimum absolute atomic E-state index is 0.0505. The molecule has 2 aromatic heterocycles. The zero-order valence-corrected chi connectivity index (χ0v) is 22.8. The van der Waals surface area contributed by atoms with E-state index in [1.54, 1.807) is 18.5 Å². The number of pyridine rings is 1. The molecule has 0 saturated carbocycles. The molecule has 3 aliphatic rings. The van der Waals surface area contributed by atoms with Gasteiger partial charge in [-0.05, 0) is 61.2 Å². The van der Waals surface area contributed by atoms with Crippen molar-refractivity contribution in [3.8, 4) is 5.69 Å². The molecule has 1 aromatic carbocycles. The normalized spacial score (nSPS) is 21.6. The predicted molar refractivity (Wildman–Crippen MR) is 143 cm³/mol. The molecule has 6 rings (SSSR count). The van der Waals surface area contributed by atoms with Crippen molar-refractivity contribution in [2.45, 2.75) is 49.1 Å². The standard InChI is InChI=1S/C28H30F6N6O2/c1-37-17-35-36-24(37)11-26(15-42-16-26)20-3-2-4-21(10-20)39-13-23-22(28(32,33)34)9-19(12-40(23)25(39)41)18-5-7-38(8-6-18)14-27(29,30)31/h2-4,9-10,12-13,17-18,24,36H,5-8,11,14-16H2,1H3. The number of hydrogen-bond donors (Lipinski definition) is 1. The molecule has 0 radical (unpaired) electrons. The second-order valence-electron chi connectivity index (χ2n) is 11.5. The average Bonchev–Trinajstić information content (AvgIpc) is 3.46. The fourth-order valence-electron chi connectivity index (χ4n) is 6.20. The van der Waals surface area contributed by atoms with Crippen molar-refractivity contribution in [3.05, 3.63) is 69.9 Å². The van der Waals surface area contributed by atoms with Crippen LogP contribution in [0.2, 0.25) is 0 Å². The molecule has 0 spiro atoms. The van der Waals surface area contributed by atoms with Crippen molar-refractivity contribution in [3.63, 3.8) is 0 Å². The fraction of sp³-hybridized carbons (Fsp3) is 0.500. The van der Waals surface area contributed by atoms with Crippen LogP contribution in [0.3, 0.4) is 0 Å². The number of rotatable bonds is 6. The van der Waals surface area contributed by atoms with Gasteiger partial charge in [0.15, 0.2) is 0 Å². The number of imidazole rings is 1. The number of ether oxygens (including phenoxy) is 1. The molecule has 3 aliphatic heterocycles. The first-order valence-corrected chi connectivity index (χ1v) is 13.7. The van der Waals surface area contributed by atoms with Crippen molar-refractivity contribution >= 4 is 11.9 Å². The summed E-state index contributed by atoms with van der Waals surface area (Å²) in [5.74, 6) is -0.400. The Morgan fingerprint density at radius 1 is 1.07 bits per heavy atom. The van der Waals surface area contributed by atoms with Crippen molar-refractivity contribution in [2.75, 3.05) is 39.9 Å². The third-order valence-electron chi connectivity index (χ3n) is 8.59. The highest BCUT2D eigenvalue weighted by Crippen LogP contribution is 2.39. The van der Waals surface area contributed by atoms with E-state index in [4.69, 9.17) is 4.74 Å². The van der Waals surface area contributed by atoms with Gasteiger partial charge < -0.3 is 9.64 Å². The van der Waals surface area contributed by atoms with Crippen LogP contribution in [-0.4, -0.2) is 77.3 Å². The van der Waals surface area contributed by atoms with Crippen molar-refractivity contribution in [2.24, 2.45) is 5.10 Å². The Bertz CT molecular complexity index is 1550. The summed E-state index contributed by atoms with van der Waals surface area (Å²) in [6, 6.07) is 8.21. The first kappa shape index (κ1) is 28.6. The monoisotopic (exact) mass is 596 g/mol. The van der Waals surface area contributed by atoms with Gasteiger partial charge in [-0.25, -0.2) is 4.79 Å². The molecular weight excluding hydrogens is 566 g/mol. The molecule has 5 heterocycles. The SMILES string of the molecule is CN1C=NNC1CC1(c2cccc(-n3cc4c(C(F)(F)F)cc(C5CCN(CC(F)(F)F)CC5)cn4c3=O)c2)COC1. The largest absolute Gasteiger partial charge is 0.418 e. The van der Waals surface area contributed by atoms with E-state index in [9.17, 15) is 31.1 Å². The van der Waals surface area contributed by atoms with Crippen LogP contribution in [0.25, 0.3) is 11.2 Å². The third kappa shape index (κ3) is 5.37. The summed E-state index contributed by atoms with van der Waals surface area (Å²) in [6.45, 7) is 0.0754. The van der Waals surface area contributed by atoms with Crippen LogP contribution >= 0.6 is 0 Å². The highest BCUT2D eigenvalue weighted by molar-refractivity contribution is 5.59. The summed E-state index contributed by atoms with van der Waals surface area (Å²) >= 11 is 0. The van der Waals surface area contributed by atoms with Gasteiger partial charge in [0.05, 0.1) is 36.5 Å². The average molecular weight is 597 g/mol. The minimum Gasteiger partial charge on any atom is -0.379 e. The topological polar surface area (TPSA) is 66.5 Å². The highest BCUT2D eigenvalue weighted by Gasteiger charge is 2.44. The Kier molecular flexibility index (Phi) is 7.03. The number of hydrogen-bond acceptors (Lipinski definition) is 6. The first-order valence-electron chi connectivity index (χ1n) is 13.7. The summed E-state index contributed by atoms with van der Waals surface area (Å²) in [7, 11) is 1.91. The molecule has 1 unspecified atom stereocenters. The van der Waals surface area contributed by atoms with Gasteiger partial charge >= 0.3 is 18.0 Å². The molecule has 226 valence electrons. The van der Waals surface area contributed by atoms with Crippen LogP contribution in [0.1, 0.15) is 41.9 Å². The number of likely N-dealkylation sites (tertiary alicyclic amines) is 1. The van der Waals surface area contributed by atoms with E-state index in [1.165, 1.54) is 21.9 Å². The first-order chi connectivity index (χ1) is 19.8. The molecule has 0 amide bonds. The van der Waals surface area contributed by atoms with Crippen LogP contribution in [0.15, 0.2) is 52.6 Å². The number of alkyl halides is 6. The van der Waals surface area contributed by atoms with E-state index in [-0.39, 0.29) is 48.6 Å². The van der Waals surface area contributed by atoms with Crippen LogP contribution in [-0.2, 0) is 16.3 Å². The summed E-state index contributed by atoms with van der Waals surface area (Å²) in [5, 5.41) is 4.09. The van der Waals surface area contributed by atoms with Gasteiger partial charge in [-0.3, -0.25) is 19.3 Å². The number of aromatic nitrogens is 2. The maximum atomic E-state index is 14.3. The minimum atomic E-state index is -4.74. The van der Waals surface area contributed by atoms with Gasteiger partial charge in [-0.15, -0.1) is 0 Å². The van der Waals surface area contributed by atoms with Gasteiger partial charge in [-0.2, -0.15) is 31.4 Å². The lowest BCUT2D eigenvalue weighted by Gasteiger charge is -2.44. The number of nitrogens with zero attached hydrogens (tertiary/aromatic N) is 5. The van der Waals surface area contributed by atoms with Gasteiger partial charge in [0.2, 0.25) is 0 Å². The molecule has 1 atom stereocenters. The van der Waals surface area contributed by atoms with Gasteiger partial charge in [0.25, 0.3) is 0 Å². The van der Waals surface area contributed by atoms with Crippen molar-refractivity contribution in [1.82, 2.24) is 24.2 Å². The quantitative estimate of drug-likeness (QED) is 0.430. The lowest BCUT2D eigenvalue weighted by Crippen LogP contribution is -2.52. The molecule has 2 saturated heterocycles. The predicted octanol–water partition coefficient (Wildman–Crippen LogP) is 4.31. The number of fused-ring (bicyclic) bond motifs is 1. The summed E-state index contributed by atoms with van der Waals surface area (Å²) in [6.07, 6.45) is -3.65. The van der Waals surface area contributed by atoms with E-state index < -0.39 is 36.1 Å². The molecule has 2 fully saturated rings. The van der Waals surface area contributed by atoms with Crippen LogP contribution in [0, 0.1) is 0 Å². The number of halogens is 6. The summed E-state index contributed by atoms with van der Waals surface area (Å²) in [5.41, 5.74) is 2.42. The van der Waals surface area contributed by atoms with E-state index in [1.807, 2.05) is 24.1 Å². The molecule has 0 bridgehead atoms. The number of nitrogens with one attached hydrogen (secondary N) is 1. The second-order valence-corrected chi connectivity index (χ2v) is 11.5. The number of hydrazone groups is 1. The number of benzene rings is 1. The molecule has 14 heteroatoms.